The number of nitrogens with zero attached hydrogens (tertiary/aromatic N) is 4. The van der Waals surface area contributed by atoms with Crippen molar-refractivity contribution in [2.45, 2.75) is 44.4 Å². The van der Waals surface area contributed by atoms with E-state index in [0.717, 1.165) is 12.2 Å². The van der Waals surface area contributed by atoms with Crippen LogP contribution >= 0.6 is 0 Å². The fourth-order valence-electron chi connectivity index (χ4n) is 2.24. The van der Waals surface area contributed by atoms with Gasteiger partial charge < -0.3 is 14.6 Å². The van der Waals surface area contributed by atoms with E-state index in [-0.39, 0.29) is 18.4 Å². The van der Waals surface area contributed by atoms with Crippen molar-refractivity contribution in [3.05, 3.63) is 5.82 Å². The zero-order valence-electron chi connectivity index (χ0n) is 11.0. The molecule has 1 saturated heterocycles. The Morgan fingerprint density at radius 1 is 1.68 bits per heavy atom. The van der Waals surface area contributed by atoms with Crippen LogP contribution in [0.5, 0.6) is 0 Å². The zero-order chi connectivity index (χ0) is 13.8. The molecule has 8 heteroatoms. The number of ether oxygens (including phenoxy) is 2. The predicted molar refractivity (Wildman–Crippen MR) is 63.6 cm³/mol. The molecule has 3 atom stereocenters. The quantitative estimate of drug-likeness (QED) is 0.779. The lowest BCUT2D eigenvalue weighted by Crippen LogP contribution is -2.25. The summed E-state index contributed by atoms with van der Waals surface area (Å²) in [5, 5.41) is 20.4. The van der Waals surface area contributed by atoms with E-state index in [2.05, 4.69) is 15.5 Å². The second-order valence-electron chi connectivity index (χ2n) is 4.75. The number of rotatable bonds is 6. The van der Waals surface area contributed by atoms with E-state index in [1.54, 1.807) is 4.68 Å². The van der Waals surface area contributed by atoms with Gasteiger partial charge in [0.2, 0.25) is 0 Å². The van der Waals surface area contributed by atoms with Gasteiger partial charge in [-0.1, -0.05) is 0 Å². The summed E-state index contributed by atoms with van der Waals surface area (Å²) in [4.78, 5) is 10.7. The maximum atomic E-state index is 10.7. The first kappa shape index (κ1) is 13.9. The minimum Gasteiger partial charge on any atom is -0.481 e. The number of tetrazole rings is 1. The molecule has 1 fully saturated rings. The second kappa shape index (κ2) is 6.07. The van der Waals surface area contributed by atoms with Crippen molar-refractivity contribution in [3.63, 3.8) is 0 Å². The molecule has 0 radical (unpaired) electrons. The first-order valence-corrected chi connectivity index (χ1v) is 6.22. The van der Waals surface area contributed by atoms with Gasteiger partial charge in [-0.3, -0.25) is 4.79 Å². The monoisotopic (exact) mass is 270 g/mol. The van der Waals surface area contributed by atoms with Gasteiger partial charge in [0.05, 0.1) is 31.8 Å². The van der Waals surface area contributed by atoms with Crippen LogP contribution in [0.4, 0.5) is 0 Å². The number of hydrogen-bond acceptors (Lipinski definition) is 6. The van der Waals surface area contributed by atoms with E-state index in [0.29, 0.717) is 13.2 Å². The molecular weight excluding hydrogens is 252 g/mol. The van der Waals surface area contributed by atoms with Crippen LogP contribution in [0.25, 0.3) is 0 Å². The Bertz CT molecular complexity index is 436. The first-order valence-electron chi connectivity index (χ1n) is 6.22. The van der Waals surface area contributed by atoms with Crippen molar-refractivity contribution in [1.29, 1.82) is 0 Å². The third-order valence-corrected chi connectivity index (χ3v) is 3.24. The van der Waals surface area contributed by atoms with Crippen molar-refractivity contribution in [1.82, 2.24) is 20.2 Å². The summed E-state index contributed by atoms with van der Waals surface area (Å²) < 4.78 is 12.3. The zero-order valence-corrected chi connectivity index (χ0v) is 11.0. The highest BCUT2D eigenvalue weighted by Gasteiger charge is 2.29. The van der Waals surface area contributed by atoms with E-state index in [4.69, 9.17) is 14.6 Å². The number of carboxylic acids is 1. The number of aromatic nitrogens is 4. The molecular formula is C11H18N4O4. The molecule has 8 nitrogen and oxygen atoms in total. The van der Waals surface area contributed by atoms with Gasteiger partial charge in [-0.15, -0.1) is 5.10 Å². The van der Waals surface area contributed by atoms with Crippen molar-refractivity contribution in [2.75, 3.05) is 13.7 Å². The summed E-state index contributed by atoms with van der Waals surface area (Å²) in [5.41, 5.74) is 0. The lowest BCUT2D eigenvalue weighted by molar-refractivity contribution is -0.140. The van der Waals surface area contributed by atoms with Crippen LogP contribution in [0.3, 0.4) is 0 Å². The molecule has 1 N–H and O–H groups in total. The molecule has 106 valence electrons. The summed E-state index contributed by atoms with van der Waals surface area (Å²) in [6.07, 6.45) is 0.552. The molecule has 2 rings (SSSR count). The Hall–Kier alpha value is -1.54. The Kier molecular flexibility index (Phi) is 4.43. The number of methoxy groups -OCH3 is 1. The highest BCUT2D eigenvalue weighted by Crippen LogP contribution is 2.27. The van der Waals surface area contributed by atoms with Gasteiger partial charge in [0.25, 0.3) is 0 Å². The van der Waals surface area contributed by atoms with E-state index in [9.17, 15) is 4.79 Å². The van der Waals surface area contributed by atoms with Crippen molar-refractivity contribution in [3.8, 4) is 0 Å². The lowest BCUT2D eigenvalue weighted by Gasteiger charge is -2.15. The first-order chi connectivity index (χ1) is 9.10. The van der Waals surface area contributed by atoms with E-state index >= 15 is 0 Å². The van der Waals surface area contributed by atoms with Gasteiger partial charge in [-0.2, -0.15) is 0 Å². The summed E-state index contributed by atoms with van der Waals surface area (Å²) in [6.45, 7) is 2.94. The summed E-state index contributed by atoms with van der Waals surface area (Å²) in [6, 6.07) is 0. The van der Waals surface area contributed by atoms with Crippen molar-refractivity contribution in [2.24, 2.45) is 0 Å². The highest BCUT2D eigenvalue weighted by molar-refractivity contribution is 5.67. The lowest BCUT2D eigenvalue weighted by atomic mass is 10.1. The van der Waals surface area contributed by atoms with Gasteiger partial charge in [-0.05, 0) is 23.8 Å². The van der Waals surface area contributed by atoms with Gasteiger partial charge >= 0.3 is 5.97 Å². The average molecular weight is 270 g/mol. The van der Waals surface area contributed by atoms with Gasteiger partial charge in [0.1, 0.15) is 0 Å². The van der Waals surface area contributed by atoms with Crippen LogP contribution in [0, 0.1) is 0 Å². The van der Waals surface area contributed by atoms with Crippen LogP contribution in [-0.2, 0) is 20.8 Å². The number of hydrogen-bond donors (Lipinski definition) is 1. The Balaban J connectivity index is 2.04. The molecule has 2 heterocycles. The molecule has 19 heavy (non-hydrogen) atoms. The number of aliphatic carboxylic acids is 1. The summed E-state index contributed by atoms with van der Waals surface area (Å²) >= 11 is 0. The van der Waals surface area contributed by atoms with Gasteiger partial charge in [-0.25, -0.2) is 4.68 Å². The Morgan fingerprint density at radius 2 is 2.47 bits per heavy atom. The van der Waals surface area contributed by atoms with E-state index < -0.39 is 12.1 Å². The van der Waals surface area contributed by atoms with E-state index in [1.807, 2.05) is 6.92 Å². The molecule has 0 spiro atoms. The summed E-state index contributed by atoms with van der Waals surface area (Å²) in [5.74, 6) is -0.0107. The molecule has 0 bridgehead atoms. The second-order valence-corrected chi connectivity index (χ2v) is 4.75. The molecule has 0 saturated carbocycles. The Morgan fingerprint density at radius 3 is 3.05 bits per heavy atom. The highest BCUT2D eigenvalue weighted by atomic mass is 16.5. The third kappa shape index (κ3) is 3.48. The smallest absolute Gasteiger partial charge is 0.306 e. The molecule has 3 unspecified atom stereocenters. The van der Waals surface area contributed by atoms with Crippen LogP contribution < -0.4 is 0 Å². The van der Waals surface area contributed by atoms with Gasteiger partial charge in [0.15, 0.2) is 5.82 Å². The number of carbonyl (C=O) groups is 1. The minimum atomic E-state index is -0.903. The topological polar surface area (TPSA) is 99.4 Å². The van der Waals surface area contributed by atoms with Crippen LogP contribution in [0.2, 0.25) is 0 Å². The largest absolute Gasteiger partial charge is 0.481 e. The molecule has 1 aliphatic rings. The maximum Gasteiger partial charge on any atom is 0.306 e. The van der Waals surface area contributed by atoms with Crippen LogP contribution in [-0.4, -0.2) is 57.2 Å². The van der Waals surface area contributed by atoms with Crippen LogP contribution in [0.15, 0.2) is 0 Å². The van der Waals surface area contributed by atoms with Crippen molar-refractivity contribution >= 4 is 5.97 Å². The minimum absolute atomic E-state index is 0.0760. The van der Waals surface area contributed by atoms with E-state index in [1.165, 1.54) is 7.11 Å². The molecule has 1 aromatic heterocycles. The third-order valence-electron chi connectivity index (χ3n) is 3.24. The summed E-state index contributed by atoms with van der Waals surface area (Å²) in [7, 11) is 1.48. The average Bonchev–Trinajstić information content (AvgIpc) is 2.96. The predicted octanol–water partition coefficient (Wildman–Crippen LogP) is 0.0552. The molecule has 1 aromatic rings. The maximum absolute atomic E-state index is 10.7. The number of carboxylic acid groups (broad SMARTS) is 1. The fourth-order valence-corrected chi connectivity index (χ4v) is 2.24. The normalized spacial score (nSPS) is 24.5. The van der Waals surface area contributed by atoms with Crippen molar-refractivity contribution < 1.29 is 19.4 Å². The molecule has 1 aliphatic heterocycles. The van der Waals surface area contributed by atoms with Gasteiger partial charge in [0, 0.05) is 13.0 Å². The fraction of sp³-hybridized carbons (Fsp3) is 0.818. The molecule has 0 aliphatic carbocycles. The SMILES string of the molecule is COC(CC(=O)O)Cn1nnnc1C1COC(C)C1. The molecule has 0 amide bonds. The molecule has 0 aromatic carbocycles. The standard InChI is InChI=1S/C11H18N4O4/c1-7-3-8(6-19-7)11-12-13-14-15(11)5-9(18-2)4-10(16)17/h7-9H,3-6H2,1-2H3,(H,16,17). The Labute approximate surface area is 110 Å². The van der Waals surface area contributed by atoms with Crippen LogP contribution in [0.1, 0.15) is 31.5 Å².